The van der Waals surface area contributed by atoms with Crippen molar-refractivity contribution in [1.82, 2.24) is 5.32 Å². The smallest absolute Gasteiger partial charge is 0.136 e. The highest BCUT2D eigenvalue weighted by Crippen LogP contribution is 2.18. The predicted octanol–water partition coefficient (Wildman–Crippen LogP) is 2.56. The summed E-state index contributed by atoms with van der Waals surface area (Å²) in [6.45, 7) is 1.37. The molecule has 4 heteroatoms. The van der Waals surface area contributed by atoms with Crippen molar-refractivity contribution in [2.24, 2.45) is 0 Å². The third kappa shape index (κ3) is 3.50. The second-order valence-corrected chi connectivity index (χ2v) is 4.42. The molecule has 102 valence electrons. The number of benzene rings is 2. The minimum Gasteiger partial charge on any atom is -0.508 e. The number of nitriles is 1. The van der Waals surface area contributed by atoms with E-state index in [9.17, 15) is 5.11 Å². The molecule has 0 amide bonds. The molecule has 0 bridgehead atoms. The number of hydrogen-bond donors (Lipinski definition) is 2. The first-order valence-corrected chi connectivity index (χ1v) is 6.28. The maximum absolute atomic E-state index is 9.20. The van der Waals surface area contributed by atoms with Crippen LogP contribution in [-0.4, -0.2) is 12.2 Å². The van der Waals surface area contributed by atoms with Crippen LogP contribution in [0.25, 0.3) is 0 Å². The fraction of sp³-hybridized carbons (Fsp3) is 0.188. The van der Waals surface area contributed by atoms with Crippen molar-refractivity contribution in [3.63, 3.8) is 0 Å². The molecule has 0 aliphatic carbocycles. The van der Waals surface area contributed by atoms with E-state index in [1.54, 1.807) is 25.3 Å². The van der Waals surface area contributed by atoms with Gasteiger partial charge in [-0.05, 0) is 35.4 Å². The lowest BCUT2D eigenvalue weighted by Crippen LogP contribution is -2.12. The van der Waals surface area contributed by atoms with Gasteiger partial charge in [0.25, 0.3) is 0 Å². The fourth-order valence-electron chi connectivity index (χ4n) is 1.92. The monoisotopic (exact) mass is 268 g/mol. The Morgan fingerprint density at radius 1 is 1.10 bits per heavy atom. The van der Waals surface area contributed by atoms with Gasteiger partial charge in [-0.25, -0.2) is 0 Å². The van der Waals surface area contributed by atoms with Crippen LogP contribution in [0.4, 0.5) is 0 Å². The highest BCUT2D eigenvalue weighted by atomic mass is 16.5. The quantitative estimate of drug-likeness (QED) is 0.874. The topological polar surface area (TPSA) is 65.3 Å². The summed E-state index contributed by atoms with van der Waals surface area (Å²) >= 11 is 0. The first kappa shape index (κ1) is 13.9. The molecule has 0 spiro atoms. The van der Waals surface area contributed by atoms with E-state index >= 15 is 0 Å². The van der Waals surface area contributed by atoms with Crippen molar-refractivity contribution in [3.8, 4) is 17.6 Å². The van der Waals surface area contributed by atoms with Crippen LogP contribution >= 0.6 is 0 Å². The van der Waals surface area contributed by atoms with Crippen molar-refractivity contribution < 1.29 is 9.84 Å². The predicted molar refractivity (Wildman–Crippen MR) is 76.4 cm³/mol. The summed E-state index contributed by atoms with van der Waals surface area (Å²) in [5, 5.41) is 21.5. The zero-order valence-corrected chi connectivity index (χ0v) is 11.3. The highest BCUT2D eigenvalue weighted by Gasteiger charge is 2.03. The van der Waals surface area contributed by atoms with E-state index in [0.717, 1.165) is 11.1 Å². The average Bonchev–Trinajstić information content (AvgIpc) is 2.49. The summed E-state index contributed by atoms with van der Waals surface area (Å²) < 4.78 is 5.11. The normalized spacial score (nSPS) is 10.0. The van der Waals surface area contributed by atoms with Gasteiger partial charge in [0.2, 0.25) is 0 Å². The molecule has 2 N–H and O–H groups in total. The summed E-state index contributed by atoms with van der Waals surface area (Å²) in [5.41, 5.74) is 2.66. The molecular formula is C16H16N2O2. The maximum atomic E-state index is 9.20. The first-order chi connectivity index (χ1) is 9.72. The van der Waals surface area contributed by atoms with E-state index in [2.05, 4.69) is 11.4 Å². The van der Waals surface area contributed by atoms with E-state index in [1.807, 2.05) is 24.3 Å². The van der Waals surface area contributed by atoms with E-state index < -0.39 is 0 Å². The van der Waals surface area contributed by atoms with Gasteiger partial charge < -0.3 is 15.2 Å². The van der Waals surface area contributed by atoms with Gasteiger partial charge in [-0.15, -0.1) is 0 Å². The Labute approximate surface area is 118 Å². The van der Waals surface area contributed by atoms with Crippen molar-refractivity contribution in [3.05, 3.63) is 59.2 Å². The Morgan fingerprint density at radius 2 is 1.75 bits per heavy atom. The molecule has 2 aromatic carbocycles. The SMILES string of the molecule is COc1ccc(CNCc2ccc(O)cc2)cc1C#N. The Kier molecular flexibility index (Phi) is 4.59. The van der Waals surface area contributed by atoms with E-state index in [0.29, 0.717) is 24.4 Å². The molecule has 4 nitrogen and oxygen atoms in total. The lowest BCUT2D eigenvalue weighted by Gasteiger charge is -2.08. The number of hydrogen-bond acceptors (Lipinski definition) is 4. The molecule has 0 aliphatic rings. The number of aromatic hydroxyl groups is 1. The second-order valence-electron chi connectivity index (χ2n) is 4.42. The Hall–Kier alpha value is -2.51. The van der Waals surface area contributed by atoms with Crippen LogP contribution in [0, 0.1) is 11.3 Å². The second kappa shape index (κ2) is 6.60. The standard InChI is InChI=1S/C16H16N2O2/c1-20-16-7-4-13(8-14(16)9-17)11-18-10-12-2-5-15(19)6-3-12/h2-8,18-19H,10-11H2,1H3. The summed E-state index contributed by atoms with van der Waals surface area (Å²) in [4.78, 5) is 0. The third-order valence-electron chi connectivity index (χ3n) is 2.98. The minimum atomic E-state index is 0.266. The number of nitrogens with one attached hydrogen (secondary N) is 1. The van der Waals surface area contributed by atoms with Gasteiger partial charge in [-0.2, -0.15) is 5.26 Å². The van der Waals surface area contributed by atoms with Crippen molar-refractivity contribution in [2.75, 3.05) is 7.11 Å². The lowest BCUT2D eigenvalue weighted by atomic mass is 10.1. The van der Waals surface area contributed by atoms with Crippen LogP contribution in [-0.2, 0) is 13.1 Å². The molecule has 20 heavy (non-hydrogen) atoms. The maximum Gasteiger partial charge on any atom is 0.136 e. The van der Waals surface area contributed by atoms with Crippen LogP contribution < -0.4 is 10.1 Å². The molecule has 0 radical (unpaired) electrons. The molecule has 0 saturated carbocycles. The molecular weight excluding hydrogens is 252 g/mol. The Balaban J connectivity index is 1.94. The van der Waals surface area contributed by atoms with Gasteiger partial charge in [0, 0.05) is 13.1 Å². The highest BCUT2D eigenvalue weighted by molar-refractivity contribution is 5.45. The first-order valence-electron chi connectivity index (χ1n) is 6.28. The van der Waals surface area contributed by atoms with Gasteiger partial charge in [0.05, 0.1) is 12.7 Å². The Bertz CT molecular complexity index is 615. The lowest BCUT2D eigenvalue weighted by molar-refractivity contribution is 0.413. The molecule has 2 rings (SSSR count). The molecule has 0 aromatic heterocycles. The van der Waals surface area contributed by atoms with Crippen LogP contribution in [0.2, 0.25) is 0 Å². The minimum absolute atomic E-state index is 0.266. The van der Waals surface area contributed by atoms with Crippen LogP contribution in [0.1, 0.15) is 16.7 Å². The average molecular weight is 268 g/mol. The molecule has 0 atom stereocenters. The number of nitrogens with zero attached hydrogens (tertiary/aromatic N) is 1. The largest absolute Gasteiger partial charge is 0.508 e. The van der Waals surface area contributed by atoms with E-state index in [1.165, 1.54) is 0 Å². The number of methoxy groups -OCH3 is 1. The molecule has 2 aromatic rings. The van der Waals surface area contributed by atoms with Gasteiger partial charge in [0.1, 0.15) is 17.6 Å². The number of phenolic OH excluding ortho intramolecular Hbond substituents is 1. The Morgan fingerprint density at radius 3 is 2.40 bits per heavy atom. The van der Waals surface area contributed by atoms with E-state index in [-0.39, 0.29) is 5.75 Å². The van der Waals surface area contributed by atoms with Gasteiger partial charge in [-0.3, -0.25) is 0 Å². The van der Waals surface area contributed by atoms with E-state index in [4.69, 9.17) is 10.00 Å². The summed E-state index contributed by atoms with van der Waals surface area (Å²) in [6, 6.07) is 14.8. The molecule has 0 fully saturated rings. The number of rotatable bonds is 5. The summed E-state index contributed by atoms with van der Waals surface area (Å²) in [5.74, 6) is 0.859. The zero-order chi connectivity index (χ0) is 14.4. The van der Waals surface area contributed by atoms with Gasteiger partial charge >= 0.3 is 0 Å². The summed E-state index contributed by atoms with van der Waals surface area (Å²) in [7, 11) is 1.55. The number of ether oxygens (including phenoxy) is 1. The van der Waals surface area contributed by atoms with Crippen LogP contribution in [0.15, 0.2) is 42.5 Å². The summed E-state index contributed by atoms with van der Waals surface area (Å²) in [6.07, 6.45) is 0. The van der Waals surface area contributed by atoms with Crippen LogP contribution in [0.3, 0.4) is 0 Å². The van der Waals surface area contributed by atoms with Gasteiger partial charge in [-0.1, -0.05) is 18.2 Å². The fourth-order valence-corrected chi connectivity index (χ4v) is 1.92. The van der Waals surface area contributed by atoms with Gasteiger partial charge in [0.15, 0.2) is 0 Å². The molecule has 0 heterocycles. The molecule has 0 unspecified atom stereocenters. The van der Waals surface area contributed by atoms with Crippen molar-refractivity contribution in [1.29, 1.82) is 5.26 Å². The molecule has 0 aliphatic heterocycles. The molecule has 0 saturated heterocycles. The number of phenols is 1. The zero-order valence-electron chi connectivity index (χ0n) is 11.3. The van der Waals surface area contributed by atoms with Crippen molar-refractivity contribution >= 4 is 0 Å². The van der Waals surface area contributed by atoms with Crippen molar-refractivity contribution in [2.45, 2.75) is 13.1 Å². The van der Waals surface area contributed by atoms with Crippen LogP contribution in [0.5, 0.6) is 11.5 Å². The third-order valence-corrected chi connectivity index (χ3v) is 2.98.